The lowest BCUT2D eigenvalue weighted by Crippen LogP contribution is -2.43. The van der Waals surface area contributed by atoms with Gasteiger partial charge in [-0.05, 0) is 69.9 Å². The summed E-state index contributed by atoms with van der Waals surface area (Å²) in [4.78, 5) is 27.1. The zero-order valence-electron chi connectivity index (χ0n) is 20.3. The van der Waals surface area contributed by atoms with Crippen LogP contribution in [-0.2, 0) is 14.3 Å². The average molecular weight is 455 g/mol. The van der Waals surface area contributed by atoms with Crippen LogP contribution >= 0.6 is 0 Å². The van der Waals surface area contributed by atoms with Crippen molar-refractivity contribution < 1.29 is 23.8 Å². The normalized spacial score (nSPS) is 15.4. The van der Waals surface area contributed by atoms with Gasteiger partial charge < -0.3 is 14.2 Å². The minimum atomic E-state index is -0.559. The van der Waals surface area contributed by atoms with Gasteiger partial charge in [-0.2, -0.15) is 5.26 Å². The molecule has 7 heteroatoms. The maximum absolute atomic E-state index is 13.2. The monoisotopic (exact) mass is 454 g/mol. The zero-order valence-corrected chi connectivity index (χ0v) is 20.3. The Balaban J connectivity index is 2.35. The molecule has 2 amide bonds. The van der Waals surface area contributed by atoms with E-state index in [1.807, 2.05) is 45.0 Å². The van der Waals surface area contributed by atoms with Crippen molar-refractivity contribution in [3.05, 3.63) is 40.5 Å². The molecule has 0 spiro atoms. The van der Waals surface area contributed by atoms with Crippen LogP contribution in [0.15, 0.2) is 34.9 Å². The van der Waals surface area contributed by atoms with E-state index in [2.05, 4.69) is 6.92 Å². The minimum absolute atomic E-state index is 0.0184. The Kier molecular flexibility index (Phi) is 10.1. The Hall–Kier alpha value is -3.11. The van der Waals surface area contributed by atoms with Crippen LogP contribution < -0.4 is 9.47 Å². The predicted octanol–water partition coefficient (Wildman–Crippen LogP) is 4.67. The minimum Gasteiger partial charge on any atom is -0.490 e. The first-order valence-electron chi connectivity index (χ1n) is 11.5. The summed E-state index contributed by atoms with van der Waals surface area (Å²) in [5, 5.41) is 9.56. The lowest BCUT2D eigenvalue weighted by Gasteiger charge is -2.27. The fourth-order valence-corrected chi connectivity index (χ4v) is 3.37. The number of benzene rings is 1. The molecular weight excluding hydrogens is 420 g/mol. The van der Waals surface area contributed by atoms with E-state index in [-0.39, 0.29) is 18.2 Å². The highest BCUT2D eigenvalue weighted by molar-refractivity contribution is 6.19. The van der Waals surface area contributed by atoms with Crippen LogP contribution in [0.25, 0.3) is 6.08 Å². The molecule has 1 aromatic carbocycles. The highest BCUT2D eigenvalue weighted by Gasteiger charge is 2.35. The van der Waals surface area contributed by atoms with E-state index in [4.69, 9.17) is 14.2 Å². The van der Waals surface area contributed by atoms with Crippen LogP contribution in [0.4, 0.5) is 0 Å². The smallest absolute Gasteiger partial charge is 0.271 e. The third kappa shape index (κ3) is 6.93. The highest BCUT2D eigenvalue weighted by Crippen LogP contribution is 2.32. The topological polar surface area (TPSA) is 88.9 Å². The standard InChI is InChI=1S/C26H34N2O5/c1-6-8-13-33-23-11-10-20(16-24(23)31-7-2)15-21-19(5)22(17-27)26(30)28(25(21)29)12-9-14-32-18(3)4/h10-11,15-16,18H,6-9,12-14H2,1-5H3/b21-15+. The third-order valence-electron chi connectivity index (χ3n) is 5.14. The van der Waals surface area contributed by atoms with Crippen LogP contribution in [0.2, 0.25) is 0 Å². The number of unbranched alkanes of at least 4 members (excludes halogenated alkanes) is 1. The molecule has 0 aliphatic carbocycles. The predicted molar refractivity (Wildman–Crippen MR) is 127 cm³/mol. The van der Waals surface area contributed by atoms with E-state index >= 15 is 0 Å². The second kappa shape index (κ2) is 12.8. The number of nitriles is 1. The Bertz CT molecular complexity index is 956. The molecule has 1 heterocycles. The van der Waals surface area contributed by atoms with Crippen molar-refractivity contribution >= 4 is 17.9 Å². The molecule has 2 rings (SSSR count). The molecule has 0 aromatic heterocycles. The van der Waals surface area contributed by atoms with Gasteiger partial charge in [0.1, 0.15) is 11.6 Å². The third-order valence-corrected chi connectivity index (χ3v) is 5.14. The maximum Gasteiger partial charge on any atom is 0.271 e. The SMILES string of the molecule is CCCCOc1ccc(/C=C2/C(=O)N(CCCOC(C)C)C(=O)C(C#N)=C2C)cc1OCC. The number of rotatable bonds is 12. The molecule has 1 aromatic rings. The van der Waals surface area contributed by atoms with Crippen LogP contribution in [0.3, 0.4) is 0 Å². The van der Waals surface area contributed by atoms with Crippen molar-refractivity contribution in [3.63, 3.8) is 0 Å². The number of amides is 2. The second-order valence-corrected chi connectivity index (χ2v) is 8.05. The first kappa shape index (κ1) is 26.1. The van der Waals surface area contributed by atoms with E-state index in [1.54, 1.807) is 13.0 Å². The van der Waals surface area contributed by atoms with E-state index in [0.29, 0.717) is 48.9 Å². The number of carbonyl (C=O) groups is 2. The van der Waals surface area contributed by atoms with Crippen molar-refractivity contribution in [1.82, 2.24) is 4.90 Å². The molecule has 0 fully saturated rings. The summed E-state index contributed by atoms with van der Waals surface area (Å²) in [7, 11) is 0. The Morgan fingerprint density at radius 2 is 1.82 bits per heavy atom. The number of carbonyl (C=O) groups excluding carboxylic acids is 2. The Labute approximate surface area is 196 Å². The summed E-state index contributed by atoms with van der Waals surface area (Å²) in [6.45, 7) is 11.2. The number of hydrogen-bond donors (Lipinski definition) is 0. The van der Waals surface area contributed by atoms with E-state index in [0.717, 1.165) is 23.3 Å². The number of ether oxygens (including phenoxy) is 3. The van der Waals surface area contributed by atoms with Gasteiger partial charge in [0.05, 0.1) is 19.3 Å². The summed E-state index contributed by atoms with van der Waals surface area (Å²) in [5.74, 6) is 0.264. The molecule has 0 bridgehead atoms. The zero-order chi connectivity index (χ0) is 24.4. The average Bonchev–Trinajstić information content (AvgIpc) is 2.78. The van der Waals surface area contributed by atoms with E-state index < -0.39 is 11.8 Å². The van der Waals surface area contributed by atoms with Gasteiger partial charge in [-0.3, -0.25) is 14.5 Å². The maximum atomic E-state index is 13.2. The van der Waals surface area contributed by atoms with E-state index in [1.165, 1.54) is 0 Å². The van der Waals surface area contributed by atoms with Gasteiger partial charge in [0.2, 0.25) is 0 Å². The van der Waals surface area contributed by atoms with Gasteiger partial charge in [0, 0.05) is 18.7 Å². The van der Waals surface area contributed by atoms with Crippen molar-refractivity contribution in [2.75, 3.05) is 26.4 Å². The van der Waals surface area contributed by atoms with Gasteiger partial charge in [0.25, 0.3) is 11.8 Å². The van der Waals surface area contributed by atoms with Gasteiger partial charge in [-0.25, -0.2) is 0 Å². The van der Waals surface area contributed by atoms with Crippen LogP contribution in [0.1, 0.15) is 59.4 Å². The molecular formula is C26H34N2O5. The molecule has 0 saturated carbocycles. The summed E-state index contributed by atoms with van der Waals surface area (Å²) in [5.41, 5.74) is 1.40. The van der Waals surface area contributed by atoms with Gasteiger partial charge in [-0.1, -0.05) is 19.4 Å². The molecule has 1 aliphatic heterocycles. The van der Waals surface area contributed by atoms with Gasteiger partial charge in [0.15, 0.2) is 11.5 Å². The van der Waals surface area contributed by atoms with Crippen LogP contribution in [-0.4, -0.2) is 49.2 Å². The molecule has 7 nitrogen and oxygen atoms in total. The molecule has 0 N–H and O–H groups in total. The fraction of sp³-hybridized carbons (Fsp3) is 0.500. The van der Waals surface area contributed by atoms with Crippen molar-refractivity contribution in [2.45, 2.75) is 60.0 Å². The highest BCUT2D eigenvalue weighted by atomic mass is 16.5. The number of imide groups is 1. The van der Waals surface area contributed by atoms with Crippen molar-refractivity contribution in [3.8, 4) is 17.6 Å². The van der Waals surface area contributed by atoms with E-state index in [9.17, 15) is 14.9 Å². The van der Waals surface area contributed by atoms with Gasteiger partial charge in [-0.15, -0.1) is 0 Å². The molecule has 0 radical (unpaired) electrons. The van der Waals surface area contributed by atoms with Crippen molar-refractivity contribution in [1.29, 1.82) is 5.26 Å². The van der Waals surface area contributed by atoms with Crippen LogP contribution in [0, 0.1) is 11.3 Å². The van der Waals surface area contributed by atoms with Gasteiger partial charge >= 0.3 is 0 Å². The fourth-order valence-electron chi connectivity index (χ4n) is 3.37. The molecule has 0 saturated heterocycles. The first-order valence-corrected chi connectivity index (χ1v) is 11.5. The molecule has 0 unspecified atom stereocenters. The second-order valence-electron chi connectivity index (χ2n) is 8.05. The number of hydrogen-bond acceptors (Lipinski definition) is 6. The largest absolute Gasteiger partial charge is 0.490 e. The molecule has 33 heavy (non-hydrogen) atoms. The summed E-state index contributed by atoms with van der Waals surface area (Å²) >= 11 is 0. The lowest BCUT2D eigenvalue weighted by atomic mass is 9.93. The molecule has 0 atom stereocenters. The lowest BCUT2D eigenvalue weighted by molar-refractivity contribution is -0.140. The van der Waals surface area contributed by atoms with Crippen molar-refractivity contribution in [2.24, 2.45) is 0 Å². The first-order chi connectivity index (χ1) is 15.8. The Morgan fingerprint density at radius 1 is 1.06 bits per heavy atom. The summed E-state index contributed by atoms with van der Waals surface area (Å²) < 4.78 is 17.1. The quantitative estimate of drug-likeness (QED) is 0.259. The van der Waals surface area contributed by atoms with Crippen LogP contribution in [0.5, 0.6) is 11.5 Å². The molecule has 178 valence electrons. The Morgan fingerprint density at radius 3 is 2.45 bits per heavy atom. The molecule has 1 aliphatic rings. The summed E-state index contributed by atoms with van der Waals surface area (Å²) in [6, 6.07) is 7.42. The number of nitrogens with zero attached hydrogens (tertiary/aromatic N) is 2. The summed E-state index contributed by atoms with van der Waals surface area (Å²) in [6.07, 6.45) is 4.23.